The number of ether oxygens (including phenoxy) is 1. The summed E-state index contributed by atoms with van der Waals surface area (Å²) < 4.78 is 5.72. The standard InChI is InChI=1S/C11H14BrNO2/c1-8(2)13(11(14)15-3)10-6-4-9(12)5-7-10/h4-8H,1-3H3. The van der Waals surface area contributed by atoms with Gasteiger partial charge in [-0.25, -0.2) is 4.79 Å². The van der Waals surface area contributed by atoms with E-state index in [-0.39, 0.29) is 12.1 Å². The molecule has 0 radical (unpaired) electrons. The van der Waals surface area contributed by atoms with E-state index in [9.17, 15) is 4.79 Å². The second kappa shape index (κ2) is 5.16. The van der Waals surface area contributed by atoms with Gasteiger partial charge in [0.1, 0.15) is 0 Å². The highest BCUT2D eigenvalue weighted by Crippen LogP contribution is 2.21. The van der Waals surface area contributed by atoms with E-state index in [0.717, 1.165) is 10.2 Å². The quantitative estimate of drug-likeness (QED) is 0.825. The van der Waals surface area contributed by atoms with Gasteiger partial charge in [0.25, 0.3) is 0 Å². The average molecular weight is 272 g/mol. The molecule has 0 heterocycles. The molecule has 0 atom stereocenters. The summed E-state index contributed by atoms with van der Waals surface area (Å²) in [7, 11) is 1.39. The van der Waals surface area contributed by atoms with Crippen LogP contribution in [0.2, 0.25) is 0 Å². The van der Waals surface area contributed by atoms with Crippen molar-refractivity contribution in [1.29, 1.82) is 0 Å². The molecule has 1 rings (SSSR count). The van der Waals surface area contributed by atoms with E-state index in [1.54, 1.807) is 4.90 Å². The lowest BCUT2D eigenvalue weighted by Crippen LogP contribution is -2.36. The van der Waals surface area contributed by atoms with Crippen LogP contribution in [0.3, 0.4) is 0 Å². The third-order valence-electron chi connectivity index (χ3n) is 1.99. The number of hydrogen-bond acceptors (Lipinski definition) is 2. The number of carbonyl (C=O) groups excluding carboxylic acids is 1. The molecule has 0 spiro atoms. The minimum absolute atomic E-state index is 0.0682. The lowest BCUT2D eigenvalue weighted by Gasteiger charge is -2.25. The summed E-state index contributed by atoms with van der Waals surface area (Å²) in [5, 5.41) is 0. The molecule has 3 nitrogen and oxygen atoms in total. The first kappa shape index (κ1) is 12.0. The Balaban J connectivity index is 2.99. The summed E-state index contributed by atoms with van der Waals surface area (Å²) in [6.07, 6.45) is -0.340. The van der Waals surface area contributed by atoms with Gasteiger partial charge in [-0.3, -0.25) is 4.90 Å². The number of methoxy groups -OCH3 is 1. The zero-order chi connectivity index (χ0) is 11.4. The van der Waals surface area contributed by atoms with E-state index >= 15 is 0 Å². The maximum absolute atomic E-state index is 11.5. The Kier molecular flexibility index (Phi) is 4.15. The summed E-state index contributed by atoms with van der Waals surface area (Å²) in [4.78, 5) is 13.1. The fourth-order valence-corrected chi connectivity index (χ4v) is 1.58. The van der Waals surface area contributed by atoms with E-state index in [1.807, 2.05) is 38.1 Å². The van der Waals surface area contributed by atoms with Crippen molar-refractivity contribution in [2.45, 2.75) is 19.9 Å². The zero-order valence-corrected chi connectivity index (χ0v) is 10.6. The minimum Gasteiger partial charge on any atom is -0.452 e. The maximum atomic E-state index is 11.5. The number of benzene rings is 1. The van der Waals surface area contributed by atoms with Crippen LogP contribution in [-0.2, 0) is 4.74 Å². The summed E-state index contributed by atoms with van der Waals surface area (Å²) in [5.41, 5.74) is 0.833. The van der Waals surface area contributed by atoms with Crippen LogP contribution in [0.5, 0.6) is 0 Å². The van der Waals surface area contributed by atoms with Crippen molar-refractivity contribution >= 4 is 27.7 Å². The fourth-order valence-electron chi connectivity index (χ4n) is 1.31. The fraction of sp³-hybridized carbons (Fsp3) is 0.364. The van der Waals surface area contributed by atoms with Gasteiger partial charge in [0.05, 0.1) is 7.11 Å². The van der Waals surface area contributed by atoms with Gasteiger partial charge in [0.15, 0.2) is 0 Å². The van der Waals surface area contributed by atoms with Crippen molar-refractivity contribution in [1.82, 2.24) is 0 Å². The number of amides is 1. The monoisotopic (exact) mass is 271 g/mol. The first-order valence-electron chi connectivity index (χ1n) is 4.69. The lowest BCUT2D eigenvalue weighted by atomic mass is 10.2. The highest BCUT2D eigenvalue weighted by atomic mass is 79.9. The van der Waals surface area contributed by atoms with Crippen molar-refractivity contribution in [2.24, 2.45) is 0 Å². The van der Waals surface area contributed by atoms with Gasteiger partial charge in [-0.05, 0) is 38.1 Å². The Bertz CT molecular complexity index is 335. The Morgan fingerprint density at radius 2 is 1.87 bits per heavy atom. The molecule has 1 amide bonds. The Hall–Kier alpha value is -1.03. The predicted octanol–water partition coefficient (Wildman–Crippen LogP) is 3.43. The molecule has 1 aromatic rings. The van der Waals surface area contributed by atoms with E-state index in [0.29, 0.717) is 0 Å². The molecule has 0 unspecified atom stereocenters. The van der Waals surface area contributed by atoms with Crippen LogP contribution in [0.1, 0.15) is 13.8 Å². The molecule has 82 valence electrons. The number of hydrogen-bond donors (Lipinski definition) is 0. The van der Waals surface area contributed by atoms with Crippen molar-refractivity contribution < 1.29 is 9.53 Å². The predicted molar refractivity (Wildman–Crippen MR) is 64.2 cm³/mol. The molecule has 0 aliphatic heterocycles. The SMILES string of the molecule is COC(=O)N(c1ccc(Br)cc1)C(C)C. The molecule has 0 N–H and O–H groups in total. The van der Waals surface area contributed by atoms with Crippen LogP contribution in [0.15, 0.2) is 28.7 Å². The smallest absolute Gasteiger partial charge is 0.414 e. The Morgan fingerprint density at radius 3 is 2.27 bits per heavy atom. The van der Waals surface area contributed by atoms with Crippen LogP contribution in [0, 0.1) is 0 Å². The van der Waals surface area contributed by atoms with Gasteiger partial charge in [0, 0.05) is 16.2 Å². The molecule has 0 aliphatic carbocycles. The first-order valence-corrected chi connectivity index (χ1v) is 5.48. The topological polar surface area (TPSA) is 29.5 Å². The van der Waals surface area contributed by atoms with E-state index in [1.165, 1.54) is 7.11 Å². The summed E-state index contributed by atoms with van der Waals surface area (Å²) in [6, 6.07) is 7.61. The van der Waals surface area contributed by atoms with E-state index in [2.05, 4.69) is 15.9 Å². The van der Waals surface area contributed by atoms with Gasteiger partial charge < -0.3 is 4.74 Å². The van der Waals surface area contributed by atoms with Crippen LogP contribution in [0.25, 0.3) is 0 Å². The molecule has 0 aliphatic rings. The molecule has 1 aromatic carbocycles. The number of halogens is 1. The molecule has 0 bridgehead atoms. The first-order chi connectivity index (χ1) is 7.06. The van der Waals surface area contributed by atoms with Crippen LogP contribution in [-0.4, -0.2) is 19.2 Å². The third-order valence-corrected chi connectivity index (χ3v) is 2.52. The minimum atomic E-state index is -0.340. The van der Waals surface area contributed by atoms with Crippen molar-refractivity contribution in [3.05, 3.63) is 28.7 Å². The molecule has 0 aromatic heterocycles. The number of rotatable bonds is 2. The van der Waals surface area contributed by atoms with Gasteiger partial charge in [-0.2, -0.15) is 0 Å². The lowest BCUT2D eigenvalue weighted by molar-refractivity contribution is 0.177. The Labute approximate surface area is 98.2 Å². The second-order valence-corrected chi connectivity index (χ2v) is 4.33. The number of nitrogens with zero attached hydrogens (tertiary/aromatic N) is 1. The van der Waals surface area contributed by atoms with Crippen LogP contribution >= 0.6 is 15.9 Å². The molecule has 0 saturated heterocycles. The third kappa shape index (κ3) is 2.96. The zero-order valence-electron chi connectivity index (χ0n) is 9.03. The van der Waals surface area contributed by atoms with Gasteiger partial charge in [-0.15, -0.1) is 0 Å². The van der Waals surface area contributed by atoms with E-state index in [4.69, 9.17) is 4.74 Å². The summed E-state index contributed by atoms with van der Waals surface area (Å²) in [6.45, 7) is 3.89. The van der Waals surface area contributed by atoms with Crippen molar-refractivity contribution in [3.8, 4) is 0 Å². The van der Waals surface area contributed by atoms with Crippen molar-refractivity contribution in [2.75, 3.05) is 12.0 Å². The number of anilines is 1. The molecule has 4 heteroatoms. The van der Waals surface area contributed by atoms with Gasteiger partial charge in [-0.1, -0.05) is 15.9 Å². The van der Waals surface area contributed by atoms with Gasteiger partial charge >= 0.3 is 6.09 Å². The summed E-state index contributed by atoms with van der Waals surface area (Å²) in [5.74, 6) is 0. The van der Waals surface area contributed by atoms with E-state index < -0.39 is 0 Å². The van der Waals surface area contributed by atoms with Crippen LogP contribution < -0.4 is 4.90 Å². The van der Waals surface area contributed by atoms with Crippen LogP contribution in [0.4, 0.5) is 10.5 Å². The second-order valence-electron chi connectivity index (χ2n) is 3.41. The maximum Gasteiger partial charge on any atom is 0.414 e. The molecular weight excluding hydrogens is 258 g/mol. The van der Waals surface area contributed by atoms with Gasteiger partial charge in [0.2, 0.25) is 0 Å². The number of carbonyl (C=O) groups is 1. The molecule has 0 saturated carbocycles. The van der Waals surface area contributed by atoms with Crippen molar-refractivity contribution in [3.63, 3.8) is 0 Å². The summed E-state index contributed by atoms with van der Waals surface area (Å²) >= 11 is 3.35. The average Bonchev–Trinajstić information content (AvgIpc) is 2.20. The molecule has 0 fully saturated rings. The molecular formula is C11H14BrNO2. The highest BCUT2D eigenvalue weighted by molar-refractivity contribution is 9.10. The highest BCUT2D eigenvalue weighted by Gasteiger charge is 2.18. The normalized spacial score (nSPS) is 10.2. The largest absolute Gasteiger partial charge is 0.452 e. The molecule has 15 heavy (non-hydrogen) atoms. The Morgan fingerprint density at radius 1 is 1.33 bits per heavy atom.